The quantitative estimate of drug-likeness (QED) is 0.585. The third kappa shape index (κ3) is 2.97. The molecule has 0 unspecified atom stereocenters. The Morgan fingerprint density at radius 1 is 1.29 bits per heavy atom. The maximum atomic E-state index is 13.3. The smallest absolute Gasteiger partial charge is 0.272 e. The van der Waals surface area contributed by atoms with E-state index in [1.165, 1.54) is 23.5 Å². The number of hydrogen-bond acceptors (Lipinski definition) is 5. The van der Waals surface area contributed by atoms with E-state index < -0.39 is 10.7 Å². The molecule has 3 aromatic rings. The molecule has 1 aromatic heterocycles. The lowest BCUT2D eigenvalue weighted by Gasteiger charge is -2.07. The summed E-state index contributed by atoms with van der Waals surface area (Å²) in [5.41, 5.74) is 3.83. The molecule has 0 saturated heterocycles. The first-order valence-electron chi connectivity index (χ1n) is 6.13. The van der Waals surface area contributed by atoms with E-state index in [-0.39, 0.29) is 5.69 Å². The fraction of sp³-hybridized carbons (Fsp3) is 0.0714. The summed E-state index contributed by atoms with van der Waals surface area (Å²) >= 11 is 1.53. The summed E-state index contributed by atoms with van der Waals surface area (Å²) in [6, 6.07) is 9.26. The topological polar surface area (TPSA) is 68.1 Å². The van der Waals surface area contributed by atoms with Gasteiger partial charge in [0.2, 0.25) is 0 Å². The Morgan fingerprint density at radius 3 is 2.95 bits per heavy atom. The number of benzene rings is 2. The van der Waals surface area contributed by atoms with Crippen LogP contribution in [0.2, 0.25) is 0 Å². The molecule has 7 heteroatoms. The van der Waals surface area contributed by atoms with Gasteiger partial charge in [0.1, 0.15) is 5.82 Å². The molecule has 3 rings (SSSR count). The van der Waals surface area contributed by atoms with Crippen molar-refractivity contribution in [3.05, 3.63) is 63.4 Å². The summed E-state index contributed by atoms with van der Waals surface area (Å²) in [4.78, 5) is 14.3. The van der Waals surface area contributed by atoms with Gasteiger partial charge in [0.15, 0.2) is 0 Å². The van der Waals surface area contributed by atoms with E-state index in [0.717, 1.165) is 22.0 Å². The van der Waals surface area contributed by atoms with Gasteiger partial charge in [0.25, 0.3) is 5.69 Å². The van der Waals surface area contributed by atoms with Gasteiger partial charge in [-0.15, -0.1) is 11.3 Å². The Morgan fingerprint density at radius 2 is 2.14 bits per heavy atom. The van der Waals surface area contributed by atoms with Crippen molar-refractivity contribution in [2.75, 3.05) is 5.32 Å². The molecule has 2 aromatic carbocycles. The number of nitro groups is 1. The molecule has 0 fully saturated rings. The summed E-state index contributed by atoms with van der Waals surface area (Å²) in [6.45, 7) is 0.308. The van der Waals surface area contributed by atoms with E-state index in [4.69, 9.17) is 0 Å². The van der Waals surface area contributed by atoms with Gasteiger partial charge in [0.05, 0.1) is 26.7 Å². The largest absolute Gasteiger partial charge is 0.381 e. The van der Waals surface area contributed by atoms with Crippen molar-refractivity contribution in [2.45, 2.75) is 6.54 Å². The molecular formula is C14H10FN3O2S. The van der Waals surface area contributed by atoms with Crippen LogP contribution in [0.3, 0.4) is 0 Å². The second-order valence-corrected chi connectivity index (χ2v) is 5.35. The van der Waals surface area contributed by atoms with Crippen LogP contribution >= 0.6 is 11.3 Å². The van der Waals surface area contributed by atoms with E-state index >= 15 is 0 Å². The number of thiazole rings is 1. The number of anilines is 1. The maximum Gasteiger partial charge on any atom is 0.272 e. The highest BCUT2D eigenvalue weighted by Crippen LogP contribution is 2.23. The lowest BCUT2D eigenvalue weighted by Crippen LogP contribution is -2.01. The third-order valence-corrected chi connectivity index (χ3v) is 3.77. The lowest BCUT2D eigenvalue weighted by atomic mass is 10.2. The molecule has 0 aliphatic heterocycles. The van der Waals surface area contributed by atoms with Crippen LogP contribution in [0.25, 0.3) is 10.2 Å². The molecule has 0 amide bonds. The van der Waals surface area contributed by atoms with Crippen LogP contribution in [0, 0.1) is 15.9 Å². The number of aromatic nitrogens is 1. The zero-order valence-electron chi connectivity index (χ0n) is 10.7. The number of nitro benzene ring substituents is 1. The van der Waals surface area contributed by atoms with Crippen LogP contribution in [0.1, 0.15) is 5.56 Å². The van der Waals surface area contributed by atoms with Gasteiger partial charge in [0, 0.05) is 18.3 Å². The number of nitrogens with zero attached hydrogens (tertiary/aromatic N) is 2. The van der Waals surface area contributed by atoms with E-state index in [9.17, 15) is 14.5 Å². The molecule has 0 saturated carbocycles. The molecule has 0 aliphatic carbocycles. The van der Waals surface area contributed by atoms with Crippen LogP contribution in [0.15, 0.2) is 41.9 Å². The predicted molar refractivity (Wildman–Crippen MR) is 80.0 cm³/mol. The van der Waals surface area contributed by atoms with Crippen molar-refractivity contribution < 1.29 is 9.31 Å². The van der Waals surface area contributed by atoms with Crippen molar-refractivity contribution in [2.24, 2.45) is 0 Å². The minimum Gasteiger partial charge on any atom is -0.381 e. The van der Waals surface area contributed by atoms with Gasteiger partial charge in [-0.05, 0) is 29.8 Å². The van der Waals surface area contributed by atoms with E-state index in [1.807, 2.05) is 18.2 Å². The third-order valence-electron chi connectivity index (χ3n) is 2.98. The Bertz CT molecular complexity index is 819. The highest BCUT2D eigenvalue weighted by molar-refractivity contribution is 7.16. The van der Waals surface area contributed by atoms with Gasteiger partial charge in [-0.2, -0.15) is 0 Å². The average Bonchev–Trinajstić information content (AvgIpc) is 2.92. The van der Waals surface area contributed by atoms with E-state index in [2.05, 4.69) is 10.3 Å². The van der Waals surface area contributed by atoms with Crippen molar-refractivity contribution in [3.8, 4) is 0 Å². The fourth-order valence-electron chi connectivity index (χ4n) is 2.01. The molecule has 0 radical (unpaired) electrons. The highest BCUT2D eigenvalue weighted by atomic mass is 32.1. The first-order chi connectivity index (χ1) is 10.1. The van der Waals surface area contributed by atoms with Crippen LogP contribution in [0.4, 0.5) is 15.8 Å². The lowest BCUT2D eigenvalue weighted by molar-refractivity contribution is -0.385. The highest BCUT2D eigenvalue weighted by Gasteiger charge is 2.09. The number of hydrogen-bond donors (Lipinski definition) is 1. The Labute approximate surface area is 123 Å². The van der Waals surface area contributed by atoms with Crippen molar-refractivity contribution in [1.29, 1.82) is 0 Å². The van der Waals surface area contributed by atoms with Crippen molar-refractivity contribution >= 4 is 32.9 Å². The van der Waals surface area contributed by atoms with Gasteiger partial charge in [-0.25, -0.2) is 9.37 Å². The Kier molecular flexibility index (Phi) is 3.49. The van der Waals surface area contributed by atoms with Gasteiger partial charge in [-0.1, -0.05) is 0 Å². The minimum atomic E-state index is -0.612. The normalized spacial score (nSPS) is 10.7. The summed E-state index contributed by atoms with van der Waals surface area (Å²) in [7, 11) is 0. The Hall–Kier alpha value is -2.54. The second kappa shape index (κ2) is 5.45. The molecule has 0 spiro atoms. The van der Waals surface area contributed by atoms with Crippen molar-refractivity contribution in [3.63, 3.8) is 0 Å². The summed E-state index contributed by atoms with van der Waals surface area (Å²) in [6.07, 6.45) is 0. The number of halogens is 1. The average molecular weight is 303 g/mol. The standard InChI is InChI=1S/C14H10FN3O2S/c15-10-3-9(4-12(5-10)18(19)20)7-16-11-1-2-13-14(6-11)21-8-17-13/h1-6,8,16H,7H2. The number of non-ortho nitro benzene ring substituents is 1. The predicted octanol–water partition coefficient (Wildman–Crippen LogP) is 3.96. The summed E-state index contributed by atoms with van der Waals surface area (Å²) in [5, 5.41) is 13.8. The fourth-order valence-corrected chi connectivity index (χ4v) is 2.73. The molecular weight excluding hydrogens is 293 g/mol. The van der Waals surface area contributed by atoms with Crippen LogP contribution in [0.5, 0.6) is 0 Å². The molecule has 5 nitrogen and oxygen atoms in total. The molecule has 0 bridgehead atoms. The van der Waals surface area contributed by atoms with Gasteiger partial charge in [-0.3, -0.25) is 10.1 Å². The van der Waals surface area contributed by atoms with Crippen LogP contribution < -0.4 is 5.32 Å². The molecule has 0 aliphatic rings. The van der Waals surface area contributed by atoms with Crippen LogP contribution in [-0.2, 0) is 6.54 Å². The first kappa shape index (κ1) is 13.4. The zero-order chi connectivity index (χ0) is 14.8. The number of fused-ring (bicyclic) bond motifs is 1. The van der Waals surface area contributed by atoms with Crippen molar-refractivity contribution in [1.82, 2.24) is 4.98 Å². The summed E-state index contributed by atoms with van der Waals surface area (Å²) < 4.78 is 14.4. The SMILES string of the molecule is O=[N+]([O-])c1cc(F)cc(CNc2ccc3ncsc3c2)c1. The van der Waals surface area contributed by atoms with E-state index in [0.29, 0.717) is 12.1 Å². The van der Waals surface area contributed by atoms with Gasteiger partial charge < -0.3 is 5.32 Å². The van der Waals surface area contributed by atoms with E-state index in [1.54, 1.807) is 5.51 Å². The molecule has 0 atom stereocenters. The van der Waals surface area contributed by atoms with Gasteiger partial charge >= 0.3 is 0 Å². The van der Waals surface area contributed by atoms with Crippen LogP contribution in [-0.4, -0.2) is 9.91 Å². The first-order valence-corrected chi connectivity index (χ1v) is 7.01. The number of nitrogens with one attached hydrogen (secondary N) is 1. The monoisotopic (exact) mass is 303 g/mol. The zero-order valence-corrected chi connectivity index (χ0v) is 11.6. The molecule has 1 N–H and O–H groups in total. The maximum absolute atomic E-state index is 13.3. The molecule has 106 valence electrons. The minimum absolute atomic E-state index is 0.246. The summed E-state index contributed by atoms with van der Waals surface area (Å²) in [5.74, 6) is -0.612. The second-order valence-electron chi connectivity index (χ2n) is 4.46. The molecule has 21 heavy (non-hydrogen) atoms. The number of rotatable bonds is 4. The molecule has 1 heterocycles. The Balaban J connectivity index is 1.79.